The molecule has 4 saturated carbocycles. The summed E-state index contributed by atoms with van der Waals surface area (Å²) in [7, 11) is 0. The molecule has 13 atom stereocenters. The van der Waals surface area contributed by atoms with Crippen molar-refractivity contribution in [2.75, 3.05) is 6.61 Å². The van der Waals surface area contributed by atoms with Crippen molar-refractivity contribution in [2.45, 2.75) is 128 Å². The number of rotatable bonds is 4. The van der Waals surface area contributed by atoms with Crippen molar-refractivity contribution in [3.63, 3.8) is 0 Å². The van der Waals surface area contributed by atoms with E-state index >= 15 is 0 Å². The van der Waals surface area contributed by atoms with Crippen molar-refractivity contribution >= 4 is 5.97 Å². The second kappa shape index (κ2) is 9.77. The molecule has 0 spiro atoms. The van der Waals surface area contributed by atoms with Gasteiger partial charge in [0, 0.05) is 11.5 Å². The van der Waals surface area contributed by atoms with Gasteiger partial charge in [-0.05, 0) is 98.4 Å². The minimum Gasteiger partial charge on any atom is -0.458 e. The van der Waals surface area contributed by atoms with Crippen molar-refractivity contribution in [2.24, 2.45) is 40.4 Å². The van der Waals surface area contributed by atoms with Crippen LogP contribution in [0.3, 0.4) is 0 Å². The lowest BCUT2D eigenvalue weighted by molar-refractivity contribution is -0.319. The number of ether oxygens (including phenoxy) is 3. The zero-order valence-electron chi connectivity index (χ0n) is 23.9. The fourth-order valence-corrected chi connectivity index (χ4v) is 10.2. The maximum atomic E-state index is 12.4. The van der Waals surface area contributed by atoms with E-state index < -0.39 is 36.3 Å². The van der Waals surface area contributed by atoms with E-state index in [0.29, 0.717) is 18.4 Å². The summed E-state index contributed by atoms with van der Waals surface area (Å²) in [5.41, 5.74) is 0.229. The fraction of sp³-hybridized carbons (Fsp3) is 0.903. The fourth-order valence-electron chi connectivity index (χ4n) is 10.2. The molecular formula is C31H48O8. The lowest BCUT2D eigenvalue weighted by Gasteiger charge is -2.64. The van der Waals surface area contributed by atoms with Gasteiger partial charge in [0.25, 0.3) is 0 Å². The third kappa shape index (κ3) is 4.18. The van der Waals surface area contributed by atoms with Gasteiger partial charge in [0.2, 0.25) is 0 Å². The molecule has 39 heavy (non-hydrogen) atoms. The molecule has 4 aliphatic carbocycles. The van der Waals surface area contributed by atoms with Gasteiger partial charge in [0.15, 0.2) is 6.29 Å². The summed E-state index contributed by atoms with van der Waals surface area (Å²) < 4.78 is 17.5. The van der Waals surface area contributed by atoms with E-state index in [9.17, 15) is 25.2 Å². The Morgan fingerprint density at radius 1 is 0.949 bits per heavy atom. The molecule has 8 heteroatoms. The number of hydrogen-bond donors (Lipinski definition) is 4. The van der Waals surface area contributed by atoms with Crippen LogP contribution in [0.2, 0.25) is 0 Å². The molecule has 2 aliphatic heterocycles. The largest absolute Gasteiger partial charge is 0.458 e. The van der Waals surface area contributed by atoms with Crippen molar-refractivity contribution in [3.8, 4) is 0 Å². The van der Waals surface area contributed by atoms with Crippen molar-refractivity contribution in [3.05, 3.63) is 11.6 Å². The van der Waals surface area contributed by atoms with Crippen molar-refractivity contribution in [1.29, 1.82) is 0 Å². The van der Waals surface area contributed by atoms with Crippen LogP contribution in [0.1, 0.15) is 85.5 Å². The monoisotopic (exact) mass is 548 g/mol. The summed E-state index contributed by atoms with van der Waals surface area (Å²) in [6.07, 6.45) is 4.84. The Morgan fingerprint density at radius 3 is 2.41 bits per heavy atom. The van der Waals surface area contributed by atoms with Crippen LogP contribution in [-0.2, 0) is 19.0 Å². The number of aliphatic hydroxyl groups is 4. The van der Waals surface area contributed by atoms with Gasteiger partial charge in [-0.15, -0.1) is 0 Å². The van der Waals surface area contributed by atoms with Crippen molar-refractivity contribution in [1.82, 2.24) is 0 Å². The molecule has 0 aromatic rings. The highest BCUT2D eigenvalue weighted by Gasteiger charge is 2.67. The van der Waals surface area contributed by atoms with Crippen LogP contribution in [0.4, 0.5) is 0 Å². The Morgan fingerprint density at radius 2 is 1.72 bits per heavy atom. The first-order valence-electron chi connectivity index (χ1n) is 15.3. The van der Waals surface area contributed by atoms with E-state index in [-0.39, 0.29) is 40.7 Å². The molecule has 1 saturated heterocycles. The van der Waals surface area contributed by atoms with E-state index in [2.05, 4.69) is 13.8 Å². The van der Waals surface area contributed by atoms with E-state index in [1.807, 2.05) is 13.8 Å². The number of aliphatic hydroxyl groups excluding tert-OH is 3. The van der Waals surface area contributed by atoms with Gasteiger partial charge in [-0.3, -0.25) is 0 Å². The summed E-state index contributed by atoms with van der Waals surface area (Å²) in [5, 5.41) is 43.8. The molecule has 5 fully saturated rings. The predicted molar refractivity (Wildman–Crippen MR) is 142 cm³/mol. The Bertz CT molecular complexity index is 997. The Labute approximate surface area is 232 Å². The van der Waals surface area contributed by atoms with E-state index in [1.54, 1.807) is 6.08 Å². The second-order valence-corrected chi connectivity index (χ2v) is 14.5. The Kier molecular flexibility index (Phi) is 7.04. The number of esters is 1. The first-order chi connectivity index (χ1) is 18.4. The van der Waals surface area contributed by atoms with E-state index in [0.717, 1.165) is 63.4 Å². The first kappa shape index (κ1) is 28.1. The van der Waals surface area contributed by atoms with E-state index in [4.69, 9.17) is 14.2 Å². The zero-order valence-corrected chi connectivity index (χ0v) is 23.9. The highest BCUT2D eigenvalue weighted by Crippen LogP contribution is 2.70. The maximum absolute atomic E-state index is 12.4. The highest BCUT2D eigenvalue weighted by atomic mass is 16.7. The minimum absolute atomic E-state index is 0.0193. The summed E-state index contributed by atoms with van der Waals surface area (Å²) in [6.45, 7) is 8.91. The van der Waals surface area contributed by atoms with Gasteiger partial charge in [0.1, 0.15) is 24.9 Å². The second-order valence-electron chi connectivity index (χ2n) is 14.5. The smallest absolute Gasteiger partial charge is 0.331 e. The third-order valence-electron chi connectivity index (χ3n) is 12.5. The minimum atomic E-state index is -1.29. The number of fused-ring (bicyclic) bond motifs is 5. The van der Waals surface area contributed by atoms with Crippen LogP contribution in [0.15, 0.2) is 11.6 Å². The molecule has 4 N–H and O–H groups in total. The van der Waals surface area contributed by atoms with Gasteiger partial charge in [-0.2, -0.15) is 0 Å². The van der Waals surface area contributed by atoms with Gasteiger partial charge in [0.05, 0.1) is 17.8 Å². The third-order valence-corrected chi connectivity index (χ3v) is 12.5. The number of carbonyl (C=O) groups excluding carboxylic acids is 1. The quantitative estimate of drug-likeness (QED) is 0.312. The molecule has 220 valence electrons. The molecule has 0 bridgehead atoms. The summed E-state index contributed by atoms with van der Waals surface area (Å²) in [4.78, 5) is 11.8. The number of carbonyl (C=O) groups is 1. The SMILES string of the molecule is CC(C)[C@@H]1O[C@@H](O[C@H]2CC[C@@]3(C)[C@H](CC[C@@H]4[C@@H]3CC[C@]3(C)[C@@H](C5=CC(=O)OC5)CC[C@]43O)C2)[C@H](O)[C@H](O)[C@H]1O. The normalized spacial score (nSPS) is 53.6. The molecule has 0 unspecified atom stereocenters. The van der Waals surface area contributed by atoms with Gasteiger partial charge < -0.3 is 34.6 Å². The van der Waals surface area contributed by atoms with Crippen LogP contribution < -0.4 is 0 Å². The van der Waals surface area contributed by atoms with Gasteiger partial charge in [-0.25, -0.2) is 4.79 Å². The van der Waals surface area contributed by atoms with Gasteiger partial charge in [-0.1, -0.05) is 27.7 Å². The highest BCUT2D eigenvalue weighted by molar-refractivity contribution is 5.85. The molecule has 2 heterocycles. The molecule has 0 radical (unpaired) electrons. The number of cyclic esters (lactones) is 1. The molecule has 6 rings (SSSR count). The van der Waals surface area contributed by atoms with Crippen LogP contribution >= 0.6 is 0 Å². The molecule has 6 aliphatic rings. The number of hydrogen-bond acceptors (Lipinski definition) is 8. The molecule has 0 aromatic carbocycles. The summed E-state index contributed by atoms with van der Waals surface area (Å²) >= 11 is 0. The first-order valence-corrected chi connectivity index (χ1v) is 15.3. The Hall–Kier alpha value is -1.03. The van der Waals surface area contributed by atoms with E-state index in [1.165, 1.54) is 0 Å². The van der Waals surface area contributed by atoms with Crippen LogP contribution in [0, 0.1) is 40.4 Å². The standard InChI is InChI=1S/C31H48O8/c1-16(2)27-25(34)24(33)26(35)28(39-27)38-19-7-10-29(3)18(14-19)5-6-22-21(29)8-11-30(4)20(9-12-31(22,30)36)17-13-23(32)37-15-17/h13,16,18-22,24-28,33-36H,5-12,14-15H2,1-4H3/t18-,19+,20-,21+,22-,24-,25-,26-,27+,28-,29+,30-,31+/m1/s1. The average molecular weight is 549 g/mol. The lowest BCUT2D eigenvalue weighted by atomic mass is 9.43. The van der Waals surface area contributed by atoms with Gasteiger partial charge >= 0.3 is 5.97 Å². The molecule has 8 nitrogen and oxygen atoms in total. The van der Waals surface area contributed by atoms with Crippen LogP contribution in [0.25, 0.3) is 0 Å². The topological polar surface area (TPSA) is 126 Å². The van der Waals surface area contributed by atoms with Crippen molar-refractivity contribution < 1.29 is 39.4 Å². The Balaban J connectivity index is 1.15. The zero-order chi connectivity index (χ0) is 27.9. The molecule has 0 aromatic heterocycles. The van der Waals surface area contributed by atoms with Crippen LogP contribution in [-0.4, -0.2) is 75.4 Å². The predicted octanol–water partition coefficient (Wildman–Crippen LogP) is 3.09. The molecular weight excluding hydrogens is 500 g/mol. The summed E-state index contributed by atoms with van der Waals surface area (Å²) in [6, 6.07) is 0. The molecule has 0 amide bonds. The van der Waals surface area contributed by atoms with Crippen LogP contribution in [0.5, 0.6) is 0 Å². The lowest BCUT2D eigenvalue weighted by Crippen LogP contribution is -2.63. The summed E-state index contributed by atoms with van der Waals surface area (Å²) in [5.74, 6) is 1.10. The maximum Gasteiger partial charge on any atom is 0.331 e. The average Bonchev–Trinajstić information content (AvgIpc) is 3.44.